The maximum atomic E-state index is 6.08. The van der Waals surface area contributed by atoms with Crippen molar-refractivity contribution >= 4 is 11.6 Å². The van der Waals surface area contributed by atoms with E-state index < -0.39 is 0 Å². The Morgan fingerprint density at radius 3 is 3.05 bits per heavy atom. The van der Waals surface area contributed by atoms with Crippen molar-refractivity contribution in [2.24, 2.45) is 0 Å². The van der Waals surface area contributed by atoms with Gasteiger partial charge in [0.05, 0.1) is 6.33 Å². The molecule has 1 heterocycles. The maximum Gasteiger partial charge on any atom is 0.0949 e. The Hall–Kier alpha value is -1.32. The van der Waals surface area contributed by atoms with Crippen molar-refractivity contribution < 1.29 is 0 Å². The molecule has 1 aliphatic rings. The molecular formula is C16H20ClN3. The van der Waals surface area contributed by atoms with Gasteiger partial charge in [0.25, 0.3) is 0 Å². The normalized spacial score (nSPS) is 23.9. The Morgan fingerprint density at radius 2 is 2.30 bits per heavy atom. The average molecular weight is 290 g/mol. The van der Waals surface area contributed by atoms with Crippen LogP contribution >= 0.6 is 11.6 Å². The van der Waals surface area contributed by atoms with Gasteiger partial charge in [0.2, 0.25) is 0 Å². The summed E-state index contributed by atoms with van der Waals surface area (Å²) in [6.07, 6.45) is 9.55. The number of benzene rings is 1. The molecule has 3 nitrogen and oxygen atoms in total. The summed E-state index contributed by atoms with van der Waals surface area (Å²) in [4.78, 5) is 4.17. The van der Waals surface area contributed by atoms with Gasteiger partial charge in [-0.05, 0) is 43.9 Å². The first kappa shape index (κ1) is 13.7. The summed E-state index contributed by atoms with van der Waals surface area (Å²) >= 11 is 6.08. The molecule has 3 unspecified atom stereocenters. The van der Waals surface area contributed by atoms with Gasteiger partial charge < -0.3 is 9.88 Å². The number of halogens is 1. The molecule has 1 N–H and O–H groups in total. The van der Waals surface area contributed by atoms with Crippen LogP contribution in [0.2, 0.25) is 5.02 Å². The van der Waals surface area contributed by atoms with E-state index in [0.29, 0.717) is 18.1 Å². The molecule has 0 radical (unpaired) electrons. The van der Waals surface area contributed by atoms with Crippen molar-refractivity contribution in [3.05, 3.63) is 53.6 Å². The van der Waals surface area contributed by atoms with Crippen molar-refractivity contribution in [1.82, 2.24) is 14.9 Å². The molecule has 20 heavy (non-hydrogen) atoms. The Bertz CT molecular complexity index is 553. The van der Waals surface area contributed by atoms with E-state index in [-0.39, 0.29) is 0 Å². The fourth-order valence-electron chi connectivity index (χ4n) is 3.15. The molecule has 3 atom stereocenters. The lowest BCUT2D eigenvalue weighted by Gasteiger charge is -2.26. The van der Waals surface area contributed by atoms with Gasteiger partial charge in [0.15, 0.2) is 0 Å². The zero-order valence-electron chi connectivity index (χ0n) is 11.7. The number of hydrogen-bond acceptors (Lipinski definition) is 2. The first-order chi connectivity index (χ1) is 9.74. The molecule has 0 saturated heterocycles. The Morgan fingerprint density at radius 1 is 1.40 bits per heavy atom. The molecule has 1 saturated carbocycles. The lowest BCUT2D eigenvalue weighted by atomic mass is 10.1. The van der Waals surface area contributed by atoms with Gasteiger partial charge in [-0.15, -0.1) is 0 Å². The molecule has 1 aromatic carbocycles. The quantitative estimate of drug-likeness (QED) is 0.922. The van der Waals surface area contributed by atoms with E-state index in [9.17, 15) is 0 Å². The summed E-state index contributed by atoms with van der Waals surface area (Å²) in [6.45, 7) is 2.20. The van der Waals surface area contributed by atoms with Crippen molar-refractivity contribution in [3.63, 3.8) is 0 Å². The number of nitrogens with zero attached hydrogens (tertiary/aromatic N) is 2. The lowest BCUT2D eigenvalue weighted by Crippen LogP contribution is -2.35. The molecular weight excluding hydrogens is 270 g/mol. The van der Waals surface area contributed by atoms with Crippen molar-refractivity contribution in [2.45, 2.75) is 44.3 Å². The van der Waals surface area contributed by atoms with Crippen LogP contribution in [0.1, 0.15) is 43.8 Å². The van der Waals surface area contributed by atoms with Crippen LogP contribution in [0.25, 0.3) is 0 Å². The van der Waals surface area contributed by atoms with Gasteiger partial charge in [-0.25, -0.2) is 4.98 Å². The highest BCUT2D eigenvalue weighted by Crippen LogP contribution is 2.31. The lowest BCUT2D eigenvalue weighted by molar-refractivity contribution is 0.362. The average Bonchev–Trinajstić information content (AvgIpc) is 3.08. The largest absolute Gasteiger partial charge is 0.333 e. The zero-order valence-corrected chi connectivity index (χ0v) is 12.4. The van der Waals surface area contributed by atoms with Crippen LogP contribution in [0.4, 0.5) is 0 Å². The van der Waals surface area contributed by atoms with Crippen LogP contribution in [0, 0.1) is 0 Å². The van der Waals surface area contributed by atoms with Crippen molar-refractivity contribution in [1.29, 1.82) is 0 Å². The molecule has 0 aliphatic heterocycles. The van der Waals surface area contributed by atoms with E-state index in [0.717, 1.165) is 5.02 Å². The standard InChI is InChI=1S/C16H20ClN3/c1-12(13-4-2-5-14(17)10-13)19-15-6-3-7-16(15)20-9-8-18-11-20/h2,4-5,8-12,15-16,19H,3,6-7H2,1H3. The maximum absolute atomic E-state index is 6.08. The van der Waals surface area contributed by atoms with Crippen molar-refractivity contribution in [3.8, 4) is 0 Å². The third-order valence-corrected chi connectivity index (χ3v) is 4.44. The molecule has 1 fully saturated rings. The Kier molecular flexibility index (Phi) is 4.08. The third-order valence-electron chi connectivity index (χ3n) is 4.20. The molecule has 0 amide bonds. The van der Waals surface area contributed by atoms with E-state index in [2.05, 4.69) is 34.1 Å². The highest BCUT2D eigenvalue weighted by molar-refractivity contribution is 6.30. The van der Waals surface area contributed by atoms with Crippen LogP contribution in [-0.4, -0.2) is 15.6 Å². The van der Waals surface area contributed by atoms with Gasteiger partial charge in [0.1, 0.15) is 0 Å². The summed E-state index contributed by atoms with van der Waals surface area (Å²) in [7, 11) is 0. The van der Waals surface area contributed by atoms with E-state index in [4.69, 9.17) is 11.6 Å². The van der Waals surface area contributed by atoms with E-state index in [1.54, 1.807) is 0 Å². The number of hydrogen-bond donors (Lipinski definition) is 1. The molecule has 0 spiro atoms. The molecule has 0 bridgehead atoms. The number of nitrogens with one attached hydrogen (secondary N) is 1. The molecule has 4 heteroatoms. The highest BCUT2D eigenvalue weighted by atomic mass is 35.5. The summed E-state index contributed by atoms with van der Waals surface area (Å²) in [5, 5.41) is 4.55. The fraction of sp³-hybridized carbons (Fsp3) is 0.438. The monoisotopic (exact) mass is 289 g/mol. The summed E-state index contributed by atoms with van der Waals surface area (Å²) in [5.41, 5.74) is 1.24. The van der Waals surface area contributed by atoms with Gasteiger partial charge in [-0.1, -0.05) is 23.7 Å². The van der Waals surface area contributed by atoms with Gasteiger partial charge >= 0.3 is 0 Å². The molecule has 106 valence electrons. The zero-order chi connectivity index (χ0) is 13.9. The minimum Gasteiger partial charge on any atom is -0.333 e. The fourth-order valence-corrected chi connectivity index (χ4v) is 3.35. The number of aromatic nitrogens is 2. The van der Waals surface area contributed by atoms with Gasteiger partial charge in [0, 0.05) is 35.5 Å². The molecule has 1 aliphatic carbocycles. The van der Waals surface area contributed by atoms with Crippen LogP contribution < -0.4 is 5.32 Å². The third kappa shape index (κ3) is 2.89. The minimum atomic E-state index is 0.308. The van der Waals surface area contributed by atoms with Crippen LogP contribution in [0.15, 0.2) is 43.0 Å². The SMILES string of the molecule is CC(NC1CCCC1n1ccnc1)c1cccc(Cl)c1. The van der Waals surface area contributed by atoms with E-state index >= 15 is 0 Å². The first-order valence-electron chi connectivity index (χ1n) is 7.23. The summed E-state index contributed by atoms with van der Waals surface area (Å²) < 4.78 is 2.23. The number of rotatable bonds is 4. The predicted molar refractivity (Wildman–Crippen MR) is 81.9 cm³/mol. The van der Waals surface area contributed by atoms with Gasteiger partial charge in [-0.3, -0.25) is 0 Å². The van der Waals surface area contributed by atoms with Crippen LogP contribution in [0.5, 0.6) is 0 Å². The van der Waals surface area contributed by atoms with Gasteiger partial charge in [-0.2, -0.15) is 0 Å². The second-order valence-electron chi connectivity index (χ2n) is 5.56. The Balaban J connectivity index is 1.70. The molecule has 3 rings (SSSR count). The smallest absolute Gasteiger partial charge is 0.0949 e. The highest BCUT2D eigenvalue weighted by Gasteiger charge is 2.29. The van der Waals surface area contributed by atoms with E-state index in [1.807, 2.05) is 30.7 Å². The topological polar surface area (TPSA) is 29.9 Å². The first-order valence-corrected chi connectivity index (χ1v) is 7.61. The minimum absolute atomic E-state index is 0.308. The van der Waals surface area contributed by atoms with E-state index in [1.165, 1.54) is 24.8 Å². The number of imidazole rings is 1. The molecule has 2 aromatic rings. The van der Waals surface area contributed by atoms with Crippen LogP contribution in [0.3, 0.4) is 0 Å². The molecule has 1 aromatic heterocycles. The summed E-state index contributed by atoms with van der Waals surface area (Å²) in [5.74, 6) is 0. The second kappa shape index (κ2) is 5.98. The second-order valence-corrected chi connectivity index (χ2v) is 5.99. The van der Waals surface area contributed by atoms with Crippen LogP contribution in [-0.2, 0) is 0 Å². The summed E-state index contributed by atoms with van der Waals surface area (Å²) in [6, 6.07) is 9.42. The van der Waals surface area contributed by atoms with Crippen molar-refractivity contribution in [2.75, 3.05) is 0 Å². The predicted octanol–water partition coefficient (Wildman–Crippen LogP) is 3.98. The Labute approximate surface area is 125 Å².